The smallest absolute Gasteiger partial charge is 0.231 e. The van der Waals surface area contributed by atoms with E-state index in [4.69, 9.17) is 9.47 Å². The zero-order valence-corrected chi connectivity index (χ0v) is 12.8. The van der Waals surface area contributed by atoms with E-state index in [0.29, 0.717) is 6.04 Å². The van der Waals surface area contributed by atoms with Gasteiger partial charge in [-0.25, -0.2) is 0 Å². The second-order valence-electron chi connectivity index (χ2n) is 6.50. The lowest BCUT2D eigenvalue weighted by Crippen LogP contribution is -2.45. The van der Waals surface area contributed by atoms with Crippen molar-refractivity contribution in [3.8, 4) is 11.5 Å². The van der Waals surface area contributed by atoms with Crippen LogP contribution in [0.3, 0.4) is 0 Å². The molecule has 1 saturated carbocycles. The summed E-state index contributed by atoms with van der Waals surface area (Å²) in [6, 6.07) is 6.09. The first-order chi connectivity index (χ1) is 10.1. The van der Waals surface area contributed by atoms with Crippen molar-refractivity contribution in [3.05, 3.63) is 23.8 Å². The van der Waals surface area contributed by atoms with Gasteiger partial charge in [-0.2, -0.15) is 0 Å². The molecule has 1 aliphatic carbocycles. The molecule has 1 amide bonds. The second-order valence-corrected chi connectivity index (χ2v) is 6.50. The fourth-order valence-corrected chi connectivity index (χ4v) is 3.03. The van der Waals surface area contributed by atoms with Crippen LogP contribution in [0.5, 0.6) is 11.5 Å². The first kappa shape index (κ1) is 14.2. The number of rotatable bonds is 3. The van der Waals surface area contributed by atoms with Crippen molar-refractivity contribution in [3.63, 3.8) is 0 Å². The number of benzene rings is 1. The maximum atomic E-state index is 12.7. The van der Waals surface area contributed by atoms with Crippen LogP contribution in [0.25, 0.3) is 0 Å². The lowest BCUT2D eigenvalue weighted by Gasteiger charge is -2.29. The van der Waals surface area contributed by atoms with Crippen LogP contribution in [0, 0.1) is 0 Å². The molecule has 0 spiro atoms. The Morgan fingerprint density at radius 1 is 1.14 bits per heavy atom. The Morgan fingerprint density at radius 2 is 1.86 bits per heavy atom. The van der Waals surface area contributed by atoms with E-state index in [1.165, 1.54) is 19.3 Å². The van der Waals surface area contributed by atoms with Crippen molar-refractivity contribution >= 4 is 5.91 Å². The van der Waals surface area contributed by atoms with Gasteiger partial charge in [-0.3, -0.25) is 4.79 Å². The third-order valence-corrected chi connectivity index (χ3v) is 4.60. The van der Waals surface area contributed by atoms with Crippen LogP contribution in [0.2, 0.25) is 0 Å². The molecule has 0 bridgehead atoms. The molecule has 1 fully saturated rings. The topological polar surface area (TPSA) is 47.6 Å². The van der Waals surface area contributed by atoms with Gasteiger partial charge in [0.05, 0.1) is 5.41 Å². The number of fused-ring (bicyclic) bond motifs is 1. The van der Waals surface area contributed by atoms with Gasteiger partial charge in [-0.1, -0.05) is 25.3 Å². The zero-order chi connectivity index (χ0) is 14.9. The van der Waals surface area contributed by atoms with E-state index in [0.717, 1.165) is 29.9 Å². The molecule has 0 radical (unpaired) electrons. The van der Waals surface area contributed by atoms with Crippen molar-refractivity contribution in [1.82, 2.24) is 5.32 Å². The van der Waals surface area contributed by atoms with E-state index in [1.54, 1.807) is 0 Å². The summed E-state index contributed by atoms with van der Waals surface area (Å²) in [7, 11) is 0. The largest absolute Gasteiger partial charge is 0.454 e. The van der Waals surface area contributed by atoms with Crippen molar-refractivity contribution in [2.75, 3.05) is 6.79 Å². The van der Waals surface area contributed by atoms with Gasteiger partial charge in [0.15, 0.2) is 11.5 Å². The molecule has 0 unspecified atom stereocenters. The Hall–Kier alpha value is -1.71. The molecule has 4 heteroatoms. The average Bonchev–Trinajstić information content (AvgIpc) is 2.95. The maximum Gasteiger partial charge on any atom is 0.231 e. The normalized spacial score (nSPS) is 18.6. The molecule has 3 rings (SSSR count). The van der Waals surface area contributed by atoms with E-state index in [-0.39, 0.29) is 12.7 Å². The fourth-order valence-electron chi connectivity index (χ4n) is 3.03. The first-order valence-corrected chi connectivity index (χ1v) is 7.78. The monoisotopic (exact) mass is 289 g/mol. The van der Waals surface area contributed by atoms with Crippen LogP contribution in [-0.4, -0.2) is 18.7 Å². The Kier molecular flexibility index (Phi) is 3.79. The Labute approximate surface area is 125 Å². The Balaban J connectivity index is 1.74. The maximum absolute atomic E-state index is 12.7. The van der Waals surface area contributed by atoms with E-state index in [1.807, 2.05) is 32.0 Å². The molecule has 0 aromatic heterocycles. The third-order valence-electron chi connectivity index (χ3n) is 4.60. The predicted molar refractivity (Wildman–Crippen MR) is 80.6 cm³/mol. The highest BCUT2D eigenvalue weighted by molar-refractivity contribution is 5.87. The molecule has 0 saturated heterocycles. The van der Waals surface area contributed by atoms with Crippen LogP contribution >= 0.6 is 0 Å². The molecule has 1 aromatic carbocycles. The summed E-state index contributed by atoms with van der Waals surface area (Å²) < 4.78 is 10.7. The van der Waals surface area contributed by atoms with Gasteiger partial charge in [-0.15, -0.1) is 0 Å². The van der Waals surface area contributed by atoms with Crippen molar-refractivity contribution < 1.29 is 14.3 Å². The average molecular weight is 289 g/mol. The molecule has 1 aromatic rings. The molecule has 1 N–H and O–H groups in total. The van der Waals surface area contributed by atoms with Crippen LogP contribution in [0.15, 0.2) is 18.2 Å². The quantitative estimate of drug-likeness (QED) is 0.930. The standard InChI is InChI=1S/C17H23NO3/c1-17(2,16(19)18-13-6-4-3-5-7-13)12-8-9-14-15(10-12)21-11-20-14/h8-10,13H,3-7,11H2,1-2H3,(H,18,19). The van der Waals surface area contributed by atoms with Gasteiger partial charge in [0.25, 0.3) is 0 Å². The van der Waals surface area contributed by atoms with Gasteiger partial charge in [0, 0.05) is 6.04 Å². The van der Waals surface area contributed by atoms with Crippen LogP contribution in [0.4, 0.5) is 0 Å². The number of carbonyl (C=O) groups excluding carboxylic acids is 1. The highest BCUT2D eigenvalue weighted by atomic mass is 16.7. The molecular weight excluding hydrogens is 266 g/mol. The number of hydrogen-bond donors (Lipinski definition) is 1. The van der Waals surface area contributed by atoms with Gasteiger partial charge < -0.3 is 14.8 Å². The molecular formula is C17H23NO3. The van der Waals surface area contributed by atoms with E-state index in [9.17, 15) is 4.79 Å². The minimum Gasteiger partial charge on any atom is -0.454 e. The molecule has 0 atom stereocenters. The van der Waals surface area contributed by atoms with Gasteiger partial charge in [-0.05, 0) is 44.4 Å². The summed E-state index contributed by atoms with van der Waals surface area (Å²) in [6.45, 7) is 4.18. The van der Waals surface area contributed by atoms with Crippen LogP contribution in [0.1, 0.15) is 51.5 Å². The summed E-state index contributed by atoms with van der Waals surface area (Å²) in [5, 5.41) is 3.21. The highest BCUT2D eigenvalue weighted by Gasteiger charge is 2.32. The number of ether oxygens (including phenoxy) is 2. The number of hydrogen-bond acceptors (Lipinski definition) is 3. The minimum atomic E-state index is -0.571. The molecule has 4 nitrogen and oxygen atoms in total. The number of nitrogens with one attached hydrogen (secondary N) is 1. The molecule has 1 aliphatic heterocycles. The second kappa shape index (κ2) is 5.58. The summed E-state index contributed by atoms with van der Waals surface area (Å²) in [5.41, 5.74) is 0.387. The van der Waals surface area contributed by atoms with Gasteiger partial charge in [0.2, 0.25) is 12.7 Å². The van der Waals surface area contributed by atoms with Gasteiger partial charge in [0.1, 0.15) is 0 Å². The Bertz CT molecular complexity index is 533. The molecule has 114 valence electrons. The highest BCUT2D eigenvalue weighted by Crippen LogP contribution is 2.36. The van der Waals surface area contributed by atoms with Crippen molar-refractivity contribution in [2.45, 2.75) is 57.4 Å². The van der Waals surface area contributed by atoms with Crippen LogP contribution < -0.4 is 14.8 Å². The fraction of sp³-hybridized carbons (Fsp3) is 0.588. The summed E-state index contributed by atoms with van der Waals surface area (Å²) in [4.78, 5) is 12.7. The lowest BCUT2D eigenvalue weighted by atomic mass is 9.82. The Morgan fingerprint density at radius 3 is 2.62 bits per heavy atom. The van der Waals surface area contributed by atoms with E-state index >= 15 is 0 Å². The molecule has 1 heterocycles. The third kappa shape index (κ3) is 2.85. The molecule has 21 heavy (non-hydrogen) atoms. The summed E-state index contributed by atoms with van der Waals surface area (Å²) >= 11 is 0. The zero-order valence-electron chi connectivity index (χ0n) is 12.8. The van der Waals surface area contributed by atoms with E-state index < -0.39 is 5.41 Å². The predicted octanol–water partition coefficient (Wildman–Crippen LogP) is 3.14. The number of amides is 1. The van der Waals surface area contributed by atoms with Crippen molar-refractivity contribution in [1.29, 1.82) is 0 Å². The van der Waals surface area contributed by atoms with E-state index in [2.05, 4.69) is 5.32 Å². The number of carbonyl (C=O) groups is 1. The lowest BCUT2D eigenvalue weighted by molar-refractivity contribution is -0.126. The first-order valence-electron chi connectivity index (χ1n) is 7.78. The van der Waals surface area contributed by atoms with Crippen LogP contribution in [-0.2, 0) is 10.2 Å². The minimum absolute atomic E-state index is 0.0910. The molecule has 2 aliphatic rings. The van der Waals surface area contributed by atoms with Crippen molar-refractivity contribution in [2.24, 2.45) is 0 Å². The van der Waals surface area contributed by atoms with Gasteiger partial charge >= 0.3 is 0 Å². The summed E-state index contributed by atoms with van der Waals surface area (Å²) in [6.07, 6.45) is 5.93. The SMILES string of the molecule is CC(C)(C(=O)NC1CCCCC1)c1ccc2c(c1)OCO2. The summed E-state index contributed by atoms with van der Waals surface area (Å²) in [5.74, 6) is 1.57.